The lowest BCUT2D eigenvalue weighted by atomic mass is 10.2. The van der Waals surface area contributed by atoms with Gasteiger partial charge in [-0.2, -0.15) is 0 Å². The van der Waals surface area contributed by atoms with E-state index < -0.39 is 28.0 Å². The van der Waals surface area contributed by atoms with Crippen molar-refractivity contribution < 1.29 is 22.7 Å². The molecule has 1 aliphatic heterocycles. The number of carbonyl (C=O) groups excluding carboxylic acids is 2. The third kappa shape index (κ3) is 5.61. The molecule has 1 aliphatic rings. The van der Waals surface area contributed by atoms with Crippen LogP contribution in [0.15, 0.2) is 47.4 Å². The quantitative estimate of drug-likeness (QED) is 0.474. The molecule has 1 saturated heterocycles. The van der Waals surface area contributed by atoms with E-state index >= 15 is 0 Å². The number of anilines is 3. The molecule has 3 amide bonds. The van der Waals surface area contributed by atoms with Crippen LogP contribution in [-0.4, -0.2) is 46.6 Å². The summed E-state index contributed by atoms with van der Waals surface area (Å²) in [4.78, 5) is 25.4. The summed E-state index contributed by atoms with van der Waals surface area (Å²) < 4.78 is 34.3. The number of rotatable bonds is 8. The van der Waals surface area contributed by atoms with Gasteiger partial charge in [0.1, 0.15) is 16.7 Å². The van der Waals surface area contributed by atoms with Crippen molar-refractivity contribution >= 4 is 39.0 Å². The first kappa shape index (κ1) is 23.2. The Labute approximate surface area is 187 Å². The number of hydrogen-bond donors (Lipinski definition) is 4. The largest absolute Gasteiger partial charge is 0.497 e. The van der Waals surface area contributed by atoms with E-state index in [0.29, 0.717) is 17.1 Å². The Kier molecular flexibility index (Phi) is 7.08. The minimum atomic E-state index is -3.97. The van der Waals surface area contributed by atoms with Crippen molar-refractivity contribution in [2.45, 2.75) is 30.7 Å². The molecule has 11 heteroatoms. The zero-order chi connectivity index (χ0) is 23.3. The maximum atomic E-state index is 13.3. The fourth-order valence-corrected chi connectivity index (χ4v) is 4.74. The number of nitrogens with zero attached hydrogens (tertiary/aromatic N) is 1. The summed E-state index contributed by atoms with van der Waals surface area (Å²) in [6, 6.07) is 9.53. The number of carbonyl (C=O) groups is 2. The number of urea groups is 1. The van der Waals surface area contributed by atoms with E-state index in [2.05, 4.69) is 15.4 Å². The second kappa shape index (κ2) is 9.77. The first-order chi connectivity index (χ1) is 15.2. The molecule has 0 radical (unpaired) electrons. The third-order valence-corrected chi connectivity index (χ3v) is 6.47. The highest BCUT2D eigenvalue weighted by Crippen LogP contribution is 2.32. The SMILES string of the molecule is COc1ccc(NS(=O)(=O)c2cc(NC(=O)C(C)NC(N)=O)ccc2N2CCCC2)cc1. The van der Waals surface area contributed by atoms with E-state index in [1.54, 1.807) is 36.4 Å². The summed E-state index contributed by atoms with van der Waals surface area (Å²) >= 11 is 0. The van der Waals surface area contributed by atoms with Gasteiger partial charge in [0.15, 0.2) is 0 Å². The lowest BCUT2D eigenvalue weighted by molar-refractivity contribution is -0.117. The fraction of sp³-hybridized carbons (Fsp3) is 0.333. The minimum absolute atomic E-state index is 0.0449. The first-order valence-electron chi connectivity index (χ1n) is 10.1. The van der Waals surface area contributed by atoms with Gasteiger partial charge in [0.2, 0.25) is 5.91 Å². The number of ether oxygens (including phenoxy) is 1. The molecule has 32 heavy (non-hydrogen) atoms. The van der Waals surface area contributed by atoms with Crippen molar-refractivity contribution in [1.29, 1.82) is 0 Å². The molecule has 3 rings (SSSR count). The predicted octanol–water partition coefficient (Wildman–Crippen LogP) is 2.09. The summed E-state index contributed by atoms with van der Waals surface area (Å²) in [6.45, 7) is 2.97. The van der Waals surface area contributed by atoms with Gasteiger partial charge in [-0.25, -0.2) is 13.2 Å². The first-order valence-corrected chi connectivity index (χ1v) is 11.6. The molecule has 2 aromatic rings. The maximum absolute atomic E-state index is 13.3. The smallest absolute Gasteiger partial charge is 0.312 e. The predicted molar refractivity (Wildman–Crippen MR) is 123 cm³/mol. The van der Waals surface area contributed by atoms with Gasteiger partial charge in [-0.15, -0.1) is 0 Å². The molecule has 1 unspecified atom stereocenters. The number of primary amides is 1. The van der Waals surface area contributed by atoms with Crippen LogP contribution >= 0.6 is 0 Å². The van der Waals surface area contributed by atoms with Crippen molar-refractivity contribution in [2.75, 3.05) is 35.1 Å². The van der Waals surface area contributed by atoms with Gasteiger partial charge in [0.25, 0.3) is 10.0 Å². The number of methoxy groups -OCH3 is 1. The van der Waals surface area contributed by atoms with Gasteiger partial charge in [-0.05, 0) is 62.2 Å². The van der Waals surface area contributed by atoms with Crippen LogP contribution in [0.5, 0.6) is 5.75 Å². The molecule has 1 heterocycles. The lowest BCUT2D eigenvalue weighted by Crippen LogP contribution is -2.44. The van der Waals surface area contributed by atoms with E-state index in [0.717, 1.165) is 25.9 Å². The highest BCUT2D eigenvalue weighted by atomic mass is 32.2. The molecular weight excluding hydrogens is 434 g/mol. The van der Waals surface area contributed by atoms with E-state index in [4.69, 9.17) is 10.5 Å². The number of amides is 3. The Bertz CT molecular complexity index is 1080. The van der Waals surface area contributed by atoms with Gasteiger partial charge in [0.05, 0.1) is 12.8 Å². The van der Waals surface area contributed by atoms with Crippen LogP contribution in [0.1, 0.15) is 19.8 Å². The molecule has 2 aromatic carbocycles. The Balaban J connectivity index is 1.91. The third-order valence-electron chi connectivity index (χ3n) is 5.06. The van der Waals surface area contributed by atoms with Crippen LogP contribution in [0.2, 0.25) is 0 Å². The summed E-state index contributed by atoms with van der Waals surface area (Å²) in [5.74, 6) is 0.0817. The number of nitrogens with one attached hydrogen (secondary N) is 3. The van der Waals surface area contributed by atoms with Crippen molar-refractivity contribution in [3.8, 4) is 5.75 Å². The monoisotopic (exact) mass is 461 g/mol. The van der Waals surface area contributed by atoms with Crippen LogP contribution in [0.4, 0.5) is 21.9 Å². The van der Waals surface area contributed by atoms with Crippen LogP contribution in [-0.2, 0) is 14.8 Å². The molecular formula is C21H27N5O5S. The second-order valence-corrected chi connectivity index (χ2v) is 9.08. The van der Waals surface area contributed by atoms with E-state index in [1.165, 1.54) is 20.1 Å². The van der Waals surface area contributed by atoms with Crippen LogP contribution < -0.4 is 30.7 Å². The summed E-state index contributed by atoms with van der Waals surface area (Å²) in [7, 11) is -2.44. The molecule has 1 atom stereocenters. The fourth-order valence-electron chi connectivity index (χ4n) is 3.43. The lowest BCUT2D eigenvalue weighted by Gasteiger charge is -2.23. The molecule has 0 aliphatic carbocycles. The average molecular weight is 462 g/mol. The van der Waals surface area contributed by atoms with E-state index in [-0.39, 0.29) is 10.6 Å². The number of benzene rings is 2. The van der Waals surface area contributed by atoms with Gasteiger partial charge in [0, 0.05) is 24.5 Å². The molecule has 0 spiro atoms. The molecule has 10 nitrogen and oxygen atoms in total. The van der Waals surface area contributed by atoms with Gasteiger partial charge in [-0.3, -0.25) is 9.52 Å². The minimum Gasteiger partial charge on any atom is -0.497 e. The molecule has 0 aromatic heterocycles. The topological polar surface area (TPSA) is 143 Å². The Morgan fingerprint density at radius 3 is 2.28 bits per heavy atom. The summed E-state index contributed by atoms with van der Waals surface area (Å²) in [6.07, 6.45) is 1.94. The van der Waals surface area contributed by atoms with Crippen molar-refractivity contribution in [2.24, 2.45) is 5.73 Å². The number of nitrogens with two attached hydrogens (primary N) is 1. The van der Waals surface area contributed by atoms with E-state index in [1.807, 2.05) is 4.90 Å². The maximum Gasteiger partial charge on any atom is 0.312 e. The number of hydrogen-bond acceptors (Lipinski definition) is 6. The van der Waals surface area contributed by atoms with Crippen molar-refractivity contribution in [1.82, 2.24) is 5.32 Å². The second-order valence-electron chi connectivity index (χ2n) is 7.43. The highest BCUT2D eigenvalue weighted by Gasteiger charge is 2.25. The standard InChI is InChI=1S/C21H27N5O5S/c1-14(23-21(22)28)20(27)24-16-7-10-18(26-11-3-4-12-26)19(13-16)32(29,30)25-15-5-8-17(31-2)9-6-15/h5-10,13-14,25H,3-4,11-12H2,1-2H3,(H,24,27)(H3,22,23,28). The normalized spacial score (nSPS) is 14.5. The molecule has 0 saturated carbocycles. The highest BCUT2D eigenvalue weighted by molar-refractivity contribution is 7.92. The van der Waals surface area contributed by atoms with Crippen LogP contribution in [0, 0.1) is 0 Å². The average Bonchev–Trinajstić information content (AvgIpc) is 3.28. The van der Waals surface area contributed by atoms with Gasteiger partial charge >= 0.3 is 6.03 Å². The van der Waals surface area contributed by atoms with Crippen molar-refractivity contribution in [3.05, 3.63) is 42.5 Å². The molecule has 1 fully saturated rings. The summed E-state index contributed by atoms with van der Waals surface area (Å²) in [5, 5.41) is 4.90. The molecule has 5 N–H and O–H groups in total. The molecule has 0 bridgehead atoms. The van der Waals surface area contributed by atoms with Crippen LogP contribution in [0.3, 0.4) is 0 Å². The van der Waals surface area contributed by atoms with E-state index in [9.17, 15) is 18.0 Å². The Morgan fingerprint density at radius 1 is 1.06 bits per heavy atom. The number of sulfonamides is 1. The Hall–Kier alpha value is -3.47. The zero-order valence-electron chi connectivity index (χ0n) is 17.9. The molecule has 172 valence electrons. The van der Waals surface area contributed by atoms with Gasteiger partial charge < -0.3 is 26.0 Å². The summed E-state index contributed by atoms with van der Waals surface area (Å²) in [5.41, 5.74) is 6.28. The Morgan fingerprint density at radius 2 is 1.69 bits per heavy atom. The van der Waals surface area contributed by atoms with Gasteiger partial charge in [-0.1, -0.05) is 0 Å². The van der Waals surface area contributed by atoms with Crippen LogP contribution in [0.25, 0.3) is 0 Å². The zero-order valence-corrected chi connectivity index (χ0v) is 18.7. The van der Waals surface area contributed by atoms with Crippen molar-refractivity contribution in [3.63, 3.8) is 0 Å².